The molecule has 0 saturated carbocycles. The summed E-state index contributed by atoms with van der Waals surface area (Å²) >= 11 is 5.24. The highest BCUT2D eigenvalue weighted by atomic mass is 79.9. The molecule has 2 nitrogen and oxygen atoms in total. The Morgan fingerprint density at radius 2 is 1.87 bits per heavy atom. The molecule has 0 aromatic rings. The fourth-order valence-corrected chi connectivity index (χ4v) is 2.06. The van der Waals surface area contributed by atoms with Gasteiger partial charge in [-0.3, -0.25) is 4.79 Å². The Morgan fingerprint density at radius 1 is 1.40 bits per heavy atom. The molecule has 90 valence electrons. The molecular weight excluding hydrogens is 338 g/mol. The van der Waals surface area contributed by atoms with E-state index in [4.69, 9.17) is 4.74 Å². The molecule has 0 aromatic heterocycles. The highest BCUT2D eigenvalue weighted by molar-refractivity contribution is 9.10. The Morgan fingerprint density at radius 3 is 2.20 bits per heavy atom. The van der Waals surface area contributed by atoms with Gasteiger partial charge in [-0.25, -0.2) is 0 Å². The minimum Gasteiger partial charge on any atom is -0.464 e. The fraction of sp³-hybridized carbons (Fsp3) is 0.889. The maximum Gasteiger partial charge on any atom is 0.311 e. The number of ether oxygens (including phenoxy) is 1. The van der Waals surface area contributed by atoms with Crippen LogP contribution in [0.2, 0.25) is 0 Å². The maximum atomic E-state index is 12.5. The summed E-state index contributed by atoms with van der Waals surface area (Å²) in [6.07, 6.45) is -0.426. The van der Waals surface area contributed by atoms with Crippen LogP contribution >= 0.6 is 31.9 Å². The van der Waals surface area contributed by atoms with Crippen LogP contribution in [0, 0.1) is 5.41 Å². The second kappa shape index (κ2) is 5.57. The van der Waals surface area contributed by atoms with Crippen LogP contribution in [-0.4, -0.2) is 22.2 Å². The number of hydrogen-bond donors (Lipinski definition) is 0. The molecule has 0 saturated heterocycles. The molecule has 0 rings (SSSR count). The molecule has 15 heavy (non-hydrogen) atoms. The lowest BCUT2D eigenvalue weighted by molar-refractivity contribution is -0.153. The predicted octanol–water partition coefficient (Wildman–Crippen LogP) is 3.72. The molecule has 0 aliphatic rings. The van der Waals surface area contributed by atoms with Crippen LogP contribution in [0.3, 0.4) is 0 Å². The Balaban J connectivity index is 3.92. The van der Waals surface area contributed by atoms with Crippen molar-refractivity contribution in [2.45, 2.75) is 36.9 Å². The summed E-state index contributed by atoms with van der Waals surface area (Å²) < 4.78 is 29.8. The first-order valence-corrected chi connectivity index (χ1v) is 6.11. The van der Waals surface area contributed by atoms with Crippen molar-refractivity contribution in [1.82, 2.24) is 0 Å². The minimum atomic E-state index is -2.94. The molecule has 0 fully saturated rings. The van der Waals surface area contributed by atoms with Crippen LogP contribution < -0.4 is 0 Å². The SMILES string of the molecule is CC(C)(C)C(=O)OCC(Br)CC(F)(F)Br. The van der Waals surface area contributed by atoms with E-state index in [1.807, 2.05) is 0 Å². The smallest absolute Gasteiger partial charge is 0.311 e. The van der Waals surface area contributed by atoms with Gasteiger partial charge in [0.2, 0.25) is 0 Å². The molecule has 0 bridgehead atoms. The summed E-state index contributed by atoms with van der Waals surface area (Å²) in [6.45, 7) is 5.06. The van der Waals surface area contributed by atoms with Gasteiger partial charge < -0.3 is 4.74 Å². The number of rotatable bonds is 4. The molecule has 0 heterocycles. The summed E-state index contributed by atoms with van der Waals surface area (Å²) in [5, 5.41) is 0. The number of carbonyl (C=O) groups is 1. The van der Waals surface area contributed by atoms with Gasteiger partial charge in [-0.1, -0.05) is 15.9 Å². The number of halogens is 4. The van der Waals surface area contributed by atoms with Gasteiger partial charge in [0.05, 0.1) is 10.2 Å². The summed E-state index contributed by atoms with van der Waals surface area (Å²) in [6, 6.07) is 0. The zero-order chi connectivity index (χ0) is 12.3. The maximum absolute atomic E-state index is 12.5. The van der Waals surface area contributed by atoms with Crippen molar-refractivity contribution in [3.05, 3.63) is 0 Å². The third-order valence-electron chi connectivity index (χ3n) is 1.46. The summed E-state index contributed by atoms with van der Waals surface area (Å²) in [4.78, 5) is 7.80. The van der Waals surface area contributed by atoms with E-state index in [9.17, 15) is 13.6 Å². The van der Waals surface area contributed by atoms with Gasteiger partial charge in [0, 0.05) is 6.42 Å². The van der Waals surface area contributed by atoms with Crippen LogP contribution in [0.15, 0.2) is 0 Å². The van der Waals surface area contributed by atoms with Crippen LogP contribution in [0.4, 0.5) is 8.78 Å². The Bertz CT molecular complexity index is 221. The number of carbonyl (C=O) groups excluding carboxylic acids is 1. The van der Waals surface area contributed by atoms with Gasteiger partial charge in [-0.2, -0.15) is 8.78 Å². The standard InChI is InChI=1S/C9H14Br2F2O2/c1-8(2,3)7(14)15-5-6(10)4-9(11,12)13/h6H,4-5H2,1-3H3. The van der Waals surface area contributed by atoms with Crippen LogP contribution in [0.1, 0.15) is 27.2 Å². The average molecular weight is 352 g/mol. The molecule has 0 radical (unpaired) electrons. The Kier molecular flexibility index (Phi) is 5.68. The van der Waals surface area contributed by atoms with E-state index in [0.717, 1.165) is 0 Å². The molecule has 6 heteroatoms. The van der Waals surface area contributed by atoms with E-state index in [-0.39, 0.29) is 6.61 Å². The lowest BCUT2D eigenvalue weighted by Gasteiger charge is -2.19. The highest BCUT2D eigenvalue weighted by Crippen LogP contribution is 2.30. The van der Waals surface area contributed by atoms with E-state index in [1.54, 1.807) is 20.8 Å². The van der Waals surface area contributed by atoms with E-state index < -0.39 is 27.5 Å². The first-order valence-electron chi connectivity index (χ1n) is 4.40. The molecule has 0 aliphatic carbocycles. The molecular formula is C9H14Br2F2O2. The third kappa shape index (κ3) is 8.13. The van der Waals surface area contributed by atoms with Crippen molar-refractivity contribution in [3.8, 4) is 0 Å². The lowest BCUT2D eigenvalue weighted by atomic mass is 9.97. The Labute approximate surface area is 105 Å². The van der Waals surface area contributed by atoms with Crippen molar-refractivity contribution in [3.63, 3.8) is 0 Å². The second-order valence-corrected chi connectivity index (χ2v) is 6.72. The minimum absolute atomic E-state index is 0.0582. The normalized spacial score (nSPS) is 14.9. The zero-order valence-corrected chi connectivity index (χ0v) is 12.0. The molecule has 0 N–H and O–H groups in total. The van der Waals surface area contributed by atoms with E-state index in [1.165, 1.54) is 0 Å². The monoisotopic (exact) mass is 350 g/mol. The van der Waals surface area contributed by atoms with Crippen molar-refractivity contribution >= 4 is 37.8 Å². The zero-order valence-electron chi connectivity index (χ0n) is 8.82. The summed E-state index contributed by atoms with van der Waals surface area (Å²) in [5.41, 5.74) is -0.608. The summed E-state index contributed by atoms with van der Waals surface area (Å²) in [5.74, 6) is -0.398. The quantitative estimate of drug-likeness (QED) is 0.570. The second-order valence-electron chi connectivity index (χ2n) is 4.27. The molecule has 1 unspecified atom stereocenters. The molecule has 0 aromatic carbocycles. The van der Waals surface area contributed by atoms with E-state index in [0.29, 0.717) is 0 Å². The molecule has 1 atom stereocenters. The van der Waals surface area contributed by atoms with Crippen LogP contribution in [0.5, 0.6) is 0 Å². The van der Waals surface area contributed by atoms with Crippen molar-refractivity contribution in [2.75, 3.05) is 6.61 Å². The van der Waals surface area contributed by atoms with Gasteiger partial charge in [-0.15, -0.1) is 0 Å². The van der Waals surface area contributed by atoms with E-state index >= 15 is 0 Å². The van der Waals surface area contributed by atoms with Crippen LogP contribution in [0.25, 0.3) is 0 Å². The van der Waals surface area contributed by atoms with E-state index in [2.05, 4.69) is 31.9 Å². The topological polar surface area (TPSA) is 26.3 Å². The predicted molar refractivity (Wildman–Crippen MR) is 61.6 cm³/mol. The Hall–Kier alpha value is 0.290. The van der Waals surface area contributed by atoms with Crippen molar-refractivity contribution in [1.29, 1.82) is 0 Å². The first kappa shape index (κ1) is 15.3. The number of esters is 1. The van der Waals surface area contributed by atoms with Gasteiger partial charge >= 0.3 is 10.8 Å². The fourth-order valence-electron chi connectivity index (χ4n) is 0.693. The number of hydrogen-bond acceptors (Lipinski definition) is 2. The average Bonchev–Trinajstić information content (AvgIpc) is 1.94. The summed E-state index contributed by atoms with van der Waals surface area (Å²) in [7, 11) is 0. The van der Waals surface area contributed by atoms with Gasteiger partial charge in [0.15, 0.2) is 0 Å². The lowest BCUT2D eigenvalue weighted by Crippen LogP contribution is -2.27. The van der Waals surface area contributed by atoms with Gasteiger partial charge in [0.25, 0.3) is 0 Å². The van der Waals surface area contributed by atoms with Crippen molar-refractivity contribution < 1.29 is 18.3 Å². The first-order chi connectivity index (χ1) is 6.52. The molecule has 0 amide bonds. The number of alkyl halides is 4. The van der Waals surface area contributed by atoms with Gasteiger partial charge in [-0.05, 0) is 36.7 Å². The highest BCUT2D eigenvalue weighted by Gasteiger charge is 2.29. The third-order valence-corrected chi connectivity index (χ3v) is 2.37. The van der Waals surface area contributed by atoms with Gasteiger partial charge in [0.1, 0.15) is 6.61 Å². The molecule has 0 aliphatic heterocycles. The largest absolute Gasteiger partial charge is 0.464 e. The van der Waals surface area contributed by atoms with Crippen molar-refractivity contribution in [2.24, 2.45) is 5.41 Å². The van der Waals surface area contributed by atoms with Crippen LogP contribution in [-0.2, 0) is 9.53 Å². The molecule has 0 spiro atoms.